The van der Waals surface area contributed by atoms with Crippen molar-refractivity contribution in [3.05, 3.63) is 30.5 Å². The van der Waals surface area contributed by atoms with Gasteiger partial charge in [0.2, 0.25) is 0 Å². The summed E-state index contributed by atoms with van der Waals surface area (Å²) in [6.45, 7) is 4.18. The van der Waals surface area contributed by atoms with Crippen molar-refractivity contribution >= 4 is 16.9 Å². The van der Waals surface area contributed by atoms with Crippen LogP contribution in [0.1, 0.15) is 19.9 Å². The number of benzene rings is 1. The lowest BCUT2D eigenvalue weighted by atomic mass is 10.2. The van der Waals surface area contributed by atoms with E-state index in [0.29, 0.717) is 6.61 Å². The van der Waals surface area contributed by atoms with Crippen LogP contribution in [0.25, 0.3) is 10.9 Å². The summed E-state index contributed by atoms with van der Waals surface area (Å²) in [7, 11) is 0. The van der Waals surface area contributed by atoms with Crippen molar-refractivity contribution in [3.8, 4) is 5.75 Å². The maximum Gasteiger partial charge on any atom is 0.326 e. The van der Waals surface area contributed by atoms with Crippen molar-refractivity contribution in [2.75, 3.05) is 6.61 Å². The molecule has 2 rings (SSSR count). The first-order valence-electron chi connectivity index (χ1n) is 5.59. The summed E-state index contributed by atoms with van der Waals surface area (Å²) >= 11 is 0. The highest BCUT2D eigenvalue weighted by Gasteiger charge is 2.15. The minimum absolute atomic E-state index is 0.579. The molecule has 0 fully saturated rings. The van der Waals surface area contributed by atoms with Gasteiger partial charge in [-0.05, 0) is 37.4 Å². The van der Waals surface area contributed by atoms with Gasteiger partial charge in [-0.1, -0.05) is 0 Å². The van der Waals surface area contributed by atoms with Gasteiger partial charge in [0.25, 0.3) is 0 Å². The van der Waals surface area contributed by atoms with Gasteiger partial charge in [-0.25, -0.2) is 4.79 Å². The Balaban J connectivity index is 2.49. The first-order valence-corrected chi connectivity index (χ1v) is 5.59. The summed E-state index contributed by atoms with van der Waals surface area (Å²) < 4.78 is 7.15. The molecular weight excluding hydrogens is 218 g/mol. The molecule has 0 saturated carbocycles. The van der Waals surface area contributed by atoms with Crippen LogP contribution >= 0.6 is 0 Å². The number of ether oxygens (including phenoxy) is 1. The molecule has 0 aliphatic carbocycles. The molecule has 0 radical (unpaired) electrons. The van der Waals surface area contributed by atoms with Crippen LogP contribution in [0, 0.1) is 0 Å². The van der Waals surface area contributed by atoms with E-state index in [0.717, 1.165) is 16.7 Å². The fraction of sp³-hybridized carbons (Fsp3) is 0.308. The third-order valence-electron chi connectivity index (χ3n) is 2.78. The summed E-state index contributed by atoms with van der Waals surface area (Å²) in [5, 5.41) is 10.0. The third-order valence-corrected chi connectivity index (χ3v) is 2.78. The number of hydrogen-bond acceptors (Lipinski definition) is 2. The maximum atomic E-state index is 11.0. The van der Waals surface area contributed by atoms with Crippen molar-refractivity contribution in [2.24, 2.45) is 0 Å². The Hall–Kier alpha value is -1.97. The van der Waals surface area contributed by atoms with E-state index in [1.54, 1.807) is 17.7 Å². The molecule has 0 aliphatic heterocycles. The molecule has 4 nitrogen and oxygen atoms in total. The number of carboxylic acid groups (broad SMARTS) is 1. The minimum Gasteiger partial charge on any atom is -0.494 e. The van der Waals surface area contributed by atoms with Gasteiger partial charge in [0, 0.05) is 12.3 Å². The lowest BCUT2D eigenvalue weighted by molar-refractivity contribution is -0.140. The predicted octanol–water partition coefficient (Wildman–Crippen LogP) is 2.69. The fourth-order valence-electron chi connectivity index (χ4n) is 1.84. The van der Waals surface area contributed by atoms with E-state index < -0.39 is 12.0 Å². The summed E-state index contributed by atoms with van der Waals surface area (Å²) in [6.07, 6.45) is 1.79. The van der Waals surface area contributed by atoms with Gasteiger partial charge in [0.1, 0.15) is 11.8 Å². The molecule has 0 aliphatic rings. The van der Waals surface area contributed by atoms with E-state index in [1.807, 2.05) is 31.2 Å². The second-order valence-corrected chi connectivity index (χ2v) is 3.89. The maximum absolute atomic E-state index is 11.0. The van der Waals surface area contributed by atoms with Gasteiger partial charge >= 0.3 is 5.97 Å². The smallest absolute Gasteiger partial charge is 0.326 e. The van der Waals surface area contributed by atoms with E-state index in [-0.39, 0.29) is 0 Å². The number of carboxylic acids is 1. The molecule has 1 aromatic heterocycles. The molecule has 1 aromatic carbocycles. The van der Waals surface area contributed by atoms with Crippen LogP contribution < -0.4 is 4.74 Å². The van der Waals surface area contributed by atoms with Crippen LogP contribution in [0.4, 0.5) is 0 Å². The van der Waals surface area contributed by atoms with E-state index in [1.165, 1.54) is 0 Å². The zero-order chi connectivity index (χ0) is 12.4. The van der Waals surface area contributed by atoms with Crippen molar-refractivity contribution in [3.63, 3.8) is 0 Å². The number of fused-ring (bicyclic) bond motifs is 1. The highest BCUT2D eigenvalue weighted by Crippen LogP contribution is 2.24. The predicted molar refractivity (Wildman–Crippen MR) is 65.5 cm³/mol. The molecule has 0 amide bonds. The molecule has 0 saturated heterocycles. The number of hydrogen-bond donors (Lipinski definition) is 1. The normalized spacial score (nSPS) is 12.6. The quantitative estimate of drug-likeness (QED) is 0.883. The Labute approximate surface area is 99.4 Å². The third kappa shape index (κ3) is 2.11. The number of rotatable bonds is 4. The Bertz CT molecular complexity index is 545. The molecule has 4 heteroatoms. The zero-order valence-corrected chi connectivity index (χ0v) is 9.88. The zero-order valence-electron chi connectivity index (χ0n) is 9.88. The van der Waals surface area contributed by atoms with Crippen LogP contribution in [0.15, 0.2) is 30.5 Å². The molecule has 17 heavy (non-hydrogen) atoms. The van der Waals surface area contributed by atoms with Crippen LogP contribution in [0.5, 0.6) is 5.75 Å². The highest BCUT2D eigenvalue weighted by molar-refractivity contribution is 5.84. The van der Waals surface area contributed by atoms with Crippen LogP contribution in [0.3, 0.4) is 0 Å². The number of aromatic nitrogens is 1. The van der Waals surface area contributed by atoms with Gasteiger partial charge in [-0.2, -0.15) is 0 Å². The number of carbonyl (C=O) groups is 1. The number of nitrogens with zero attached hydrogens (tertiary/aromatic N) is 1. The monoisotopic (exact) mass is 233 g/mol. The molecular formula is C13H15NO3. The second kappa shape index (κ2) is 4.49. The van der Waals surface area contributed by atoms with Gasteiger partial charge in [-0.15, -0.1) is 0 Å². The molecule has 1 atom stereocenters. The molecule has 90 valence electrons. The molecule has 0 bridgehead atoms. The topological polar surface area (TPSA) is 51.5 Å². The Kier molecular flexibility index (Phi) is 3.04. The lowest BCUT2D eigenvalue weighted by Gasteiger charge is -2.11. The molecule has 1 N–H and O–H groups in total. The summed E-state index contributed by atoms with van der Waals surface area (Å²) in [4.78, 5) is 11.0. The second-order valence-electron chi connectivity index (χ2n) is 3.89. The first kappa shape index (κ1) is 11.5. The first-order chi connectivity index (χ1) is 8.13. The van der Waals surface area contributed by atoms with Gasteiger partial charge in [0.05, 0.1) is 12.1 Å². The van der Waals surface area contributed by atoms with Crippen molar-refractivity contribution < 1.29 is 14.6 Å². The van der Waals surface area contributed by atoms with Gasteiger partial charge in [0.15, 0.2) is 0 Å². The van der Waals surface area contributed by atoms with Crippen LogP contribution in [0.2, 0.25) is 0 Å². The molecule has 1 unspecified atom stereocenters. The van der Waals surface area contributed by atoms with E-state index in [9.17, 15) is 4.79 Å². The van der Waals surface area contributed by atoms with Crippen molar-refractivity contribution in [2.45, 2.75) is 19.9 Å². The average Bonchev–Trinajstić information content (AvgIpc) is 2.71. The standard InChI is InChI=1S/C13H15NO3/c1-3-17-11-5-4-10-6-7-14(12(10)8-11)9(2)13(15)16/h4-9H,3H2,1-2H3,(H,15,16). The van der Waals surface area contributed by atoms with E-state index in [4.69, 9.17) is 9.84 Å². The largest absolute Gasteiger partial charge is 0.494 e. The molecule has 2 aromatic rings. The number of aliphatic carboxylic acids is 1. The van der Waals surface area contributed by atoms with E-state index in [2.05, 4.69) is 0 Å². The van der Waals surface area contributed by atoms with Gasteiger partial charge < -0.3 is 14.4 Å². The molecule has 1 heterocycles. The van der Waals surface area contributed by atoms with Crippen molar-refractivity contribution in [1.29, 1.82) is 0 Å². The van der Waals surface area contributed by atoms with Gasteiger partial charge in [-0.3, -0.25) is 0 Å². The molecule has 0 spiro atoms. The SMILES string of the molecule is CCOc1ccc2ccn(C(C)C(=O)O)c2c1. The highest BCUT2D eigenvalue weighted by atomic mass is 16.5. The minimum atomic E-state index is -0.843. The summed E-state index contributed by atoms with van der Waals surface area (Å²) in [5.74, 6) is -0.0816. The summed E-state index contributed by atoms with van der Waals surface area (Å²) in [5.41, 5.74) is 0.880. The summed E-state index contributed by atoms with van der Waals surface area (Å²) in [6, 6.07) is 7.03. The average molecular weight is 233 g/mol. The van der Waals surface area contributed by atoms with E-state index >= 15 is 0 Å². The fourth-order valence-corrected chi connectivity index (χ4v) is 1.84. The Morgan fingerprint density at radius 2 is 2.24 bits per heavy atom. The Morgan fingerprint density at radius 3 is 2.88 bits per heavy atom. The van der Waals surface area contributed by atoms with Crippen LogP contribution in [-0.4, -0.2) is 22.2 Å². The van der Waals surface area contributed by atoms with Crippen molar-refractivity contribution in [1.82, 2.24) is 4.57 Å². The lowest BCUT2D eigenvalue weighted by Crippen LogP contribution is -2.14. The van der Waals surface area contributed by atoms with Crippen LogP contribution in [-0.2, 0) is 4.79 Å². The Morgan fingerprint density at radius 1 is 1.47 bits per heavy atom.